The lowest BCUT2D eigenvalue weighted by molar-refractivity contribution is -0.115. The summed E-state index contributed by atoms with van der Waals surface area (Å²) >= 11 is 9.67. The van der Waals surface area contributed by atoms with Crippen LogP contribution in [0.5, 0.6) is 0 Å². The fourth-order valence-electron chi connectivity index (χ4n) is 2.72. The van der Waals surface area contributed by atoms with Gasteiger partial charge in [0.25, 0.3) is 5.91 Å². The molecule has 154 valence electrons. The Morgan fingerprint density at radius 2 is 1.70 bits per heavy atom. The second kappa shape index (κ2) is 10.8. The molecular weight excluding hydrogens is 531 g/mol. The van der Waals surface area contributed by atoms with Crippen LogP contribution >= 0.6 is 46.0 Å². The molecule has 1 unspecified atom stereocenters. The fourth-order valence-corrected chi connectivity index (χ4v) is 4.29. The highest BCUT2D eigenvalue weighted by Gasteiger charge is 2.18. The molecular formula is C23H20ClIN2O2S. The number of nitrogens with one attached hydrogen (secondary N) is 2. The van der Waals surface area contributed by atoms with Gasteiger partial charge in [-0.2, -0.15) is 0 Å². The van der Waals surface area contributed by atoms with Crippen LogP contribution in [0.15, 0.2) is 77.7 Å². The smallest absolute Gasteiger partial charge is 0.255 e. The van der Waals surface area contributed by atoms with Crippen molar-refractivity contribution in [2.45, 2.75) is 23.5 Å². The van der Waals surface area contributed by atoms with Crippen LogP contribution in [0, 0.1) is 3.57 Å². The van der Waals surface area contributed by atoms with E-state index in [1.54, 1.807) is 24.3 Å². The van der Waals surface area contributed by atoms with Crippen LogP contribution in [0.1, 0.15) is 23.7 Å². The van der Waals surface area contributed by atoms with Gasteiger partial charge in [0, 0.05) is 30.4 Å². The van der Waals surface area contributed by atoms with Crippen LogP contribution in [0.4, 0.5) is 11.4 Å². The molecule has 3 rings (SSSR count). The van der Waals surface area contributed by atoms with Crippen LogP contribution in [0.3, 0.4) is 0 Å². The van der Waals surface area contributed by atoms with E-state index < -0.39 is 0 Å². The first-order chi connectivity index (χ1) is 14.4. The van der Waals surface area contributed by atoms with Crippen molar-refractivity contribution in [1.29, 1.82) is 0 Å². The molecule has 0 fully saturated rings. The first-order valence-electron chi connectivity index (χ1n) is 9.34. The Kier molecular flexibility index (Phi) is 8.18. The molecule has 0 heterocycles. The van der Waals surface area contributed by atoms with Crippen LogP contribution in [-0.4, -0.2) is 17.1 Å². The van der Waals surface area contributed by atoms with E-state index >= 15 is 0 Å². The molecule has 3 aromatic carbocycles. The Labute approximate surface area is 198 Å². The monoisotopic (exact) mass is 550 g/mol. The Balaban J connectivity index is 1.66. The van der Waals surface area contributed by atoms with E-state index in [-0.39, 0.29) is 17.1 Å². The van der Waals surface area contributed by atoms with Gasteiger partial charge in [-0.1, -0.05) is 30.7 Å². The van der Waals surface area contributed by atoms with Crippen molar-refractivity contribution in [3.05, 3.63) is 87.0 Å². The lowest BCUT2D eigenvalue weighted by atomic mass is 10.2. The van der Waals surface area contributed by atoms with Gasteiger partial charge in [-0.3, -0.25) is 9.59 Å². The maximum absolute atomic E-state index is 12.7. The zero-order valence-electron chi connectivity index (χ0n) is 16.2. The summed E-state index contributed by atoms with van der Waals surface area (Å²) in [6.07, 6.45) is 0.681. The highest BCUT2D eigenvalue weighted by atomic mass is 127. The van der Waals surface area contributed by atoms with Gasteiger partial charge in [0.05, 0.1) is 5.25 Å². The highest BCUT2D eigenvalue weighted by Crippen LogP contribution is 2.29. The molecule has 0 aromatic heterocycles. The van der Waals surface area contributed by atoms with Crippen LogP contribution in [-0.2, 0) is 4.79 Å². The Bertz CT molecular complexity index is 1040. The summed E-state index contributed by atoms with van der Waals surface area (Å²) in [5.74, 6) is -0.278. The number of carbonyl (C=O) groups excluding carboxylic acids is 2. The van der Waals surface area contributed by atoms with Gasteiger partial charge >= 0.3 is 0 Å². The molecule has 0 radical (unpaired) electrons. The van der Waals surface area contributed by atoms with E-state index in [0.717, 1.165) is 14.2 Å². The first-order valence-corrected chi connectivity index (χ1v) is 11.7. The lowest BCUT2D eigenvalue weighted by Crippen LogP contribution is -2.24. The van der Waals surface area contributed by atoms with Crippen molar-refractivity contribution >= 4 is 69.1 Å². The normalized spacial score (nSPS) is 11.6. The van der Waals surface area contributed by atoms with Crippen LogP contribution < -0.4 is 10.6 Å². The summed E-state index contributed by atoms with van der Waals surface area (Å²) < 4.78 is 1.11. The molecule has 4 nitrogen and oxygen atoms in total. The van der Waals surface area contributed by atoms with Crippen molar-refractivity contribution in [3.63, 3.8) is 0 Å². The average Bonchev–Trinajstić information content (AvgIpc) is 2.74. The summed E-state index contributed by atoms with van der Waals surface area (Å²) in [4.78, 5) is 26.1. The van der Waals surface area contributed by atoms with Gasteiger partial charge in [0.15, 0.2) is 0 Å². The Hall–Kier alpha value is -2.03. The van der Waals surface area contributed by atoms with Crippen molar-refractivity contribution in [1.82, 2.24) is 0 Å². The minimum Gasteiger partial charge on any atom is -0.325 e. The van der Waals surface area contributed by atoms with Gasteiger partial charge in [-0.15, -0.1) is 11.8 Å². The van der Waals surface area contributed by atoms with E-state index in [1.165, 1.54) is 11.8 Å². The summed E-state index contributed by atoms with van der Waals surface area (Å²) in [7, 11) is 0. The molecule has 0 saturated heterocycles. The van der Waals surface area contributed by atoms with E-state index in [9.17, 15) is 9.59 Å². The van der Waals surface area contributed by atoms with Crippen LogP contribution in [0.25, 0.3) is 0 Å². The number of hydrogen-bond donors (Lipinski definition) is 2. The number of amides is 2. The standard InChI is InChI=1S/C23H20ClIN2O2S/c1-2-21(23(29)26-18-11-9-17(25)10-12-18)30-20-8-4-7-19(14-20)27-22(28)15-5-3-6-16(24)13-15/h3-14,21H,2H2,1H3,(H,26,29)(H,27,28). The first kappa shape index (κ1) is 22.7. The molecule has 0 saturated carbocycles. The zero-order chi connectivity index (χ0) is 21.5. The number of halogens is 2. The Morgan fingerprint density at radius 1 is 0.967 bits per heavy atom. The van der Waals surface area contributed by atoms with Crippen molar-refractivity contribution in [2.75, 3.05) is 10.6 Å². The fraction of sp³-hybridized carbons (Fsp3) is 0.130. The molecule has 30 heavy (non-hydrogen) atoms. The van der Waals surface area contributed by atoms with Crippen molar-refractivity contribution < 1.29 is 9.59 Å². The summed E-state index contributed by atoms with van der Waals surface area (Å²) in [6, 6.07) is 22.0. The molecule has 0 aliphatic carbocycles. The molecule has 1 atom stereocenters. The number of thioether (sulfide) groups is 1. The third kappa shape index (κ3) is 6.48. The van der Waals surface area contributed by atoms with E-state index in [1.807, 2.05) is 55.5 Å². The number of benzene rings is 3. The number of anilines is 2. The molecule has 0 spiro atoms. The summed E-state index contributed by atoms with van der Waals surface area (Å²) in [6.45, 7) is 1.98. The highest BCUT2D eigenvalue weighted by molar-refractivity contribution is 14.1. The topological polar surface area (TPSA) is 58.2 Å². The van der Waals surface area contributed by atoms with Gasteiger partial charge in [-0.05, 0) is 89.7 Å². The minimum atomic E-state index is -0.247. The molecule has 3 aromatic rings. The molecule has 7 heteroatoms. The van der Waals surface area contributed by atoms with Gasteiger partial charge < -0.3 is 10.6 Å². The molecule has 0 aliphatic rings. The predicted octanol–water partition coefficient (Wildman–Crippen LogP) is 6.71. The second-order valence-electron chi connectivity index (χ2n) is 6.50. The lowest BCUT2D eigenvalue weighted by Gasteiger charge is -2.15. The number of carbonyl (C=O) groups is 2. The molecule has 2 amide bonds. The molecule has 2 N–H and O–H groups in total. The van der Waals surface area contributed by atoms with Gasteiger partial charge in [-0.25, -0.2) is 0 Å². The maximum atomic E-state index is 12.7. The number of hydrogen-bond acceptors (Lipinski definition) is 3. The SMILES string of the molecule is CCC(Sc1cccc(NC(=O)c2cccc(Cl)c2)c1)C(=O)Nc1ccc(I)cc1. The number of rotatable bonds is 7. The molecule has 0 bridgehead atoms. The predicted molar refractivity (Wildman–Crippen MR) is 134 cm³/mol. The third-order valence-electron chi connectivity index (χ3n) is 4.23. The second-order valence-corrected chi connectivity index (χ2v) is 9.46. The largest absolute Gasteiger partial charge is 0.325 e. The van der Waals surface area contributed by atoms with Crippen molar-refractivity contribution in [2.24, 2.45) is 0 Å². The van der Waals surface area contributed by atoms with Crippen LogP contribution in [0.2, 0.25) is 5.02 Å². The summed E-state index contributed by atoms with van der Waals surface area (Å²) in [5, 5.41) is 6.11. The quantitative estimate of drug-likeness (QED) is 0.254. The average molecular weight is 551 g/mol. The van der Waals surface area contributed by atoms with E-state index in [0.29, 0.717) is 22.7 Å². The third-order valence-corrected chi connectivity index (χ3v) is 6.54. The van der Waals surface area contributed by atoms with Gasteiger partial charge in [0.2, 0.25) is 5.91 Å². The van der Waals surface area contributed by atoms with Crippen molar-refractivity contribution in [3.8, 4) is 0 Å². The zero-order valence-corrected chi connectivity index (χ0v) is 19.9. The maximum Gasteiger partial charge on any atom is 0.255 e. The summed E-state index contributed by atoms with van der Waals surface area (Å²) in [5.41, 5.74) is 1.93. The molecule has 0 aliphatic heterocycles. The Morgan fingerprint density at radius 3 is 2.40 bits per heavy atom. The van der Waals surface area contributed by atoms with Gasteiger partial charge in [0.1, 0.15) is 0 Å². The minimum absolute atomic E-state index is 0.0444. The van der Waals surface area contributed by atoms with E-state index in [4.69, 9.17) is 11.6 Å². The van der Waals surface area contributed by atoms with E-state index in [2.05, 4.69) is 33.2 Å².